The van der Waals surface area contributed by atoms with Crippen molar-refractivity contribution >= 4 is 0 Å². The summed E-state index contributed by atoms with van der Waals surface area (Å²) in [5.41, 5.74) is -0.602. The van der Waals surface area contributed by atoms with Gasteiger partial charge in [-0.3, -0.25) is 0 Å². The molecule has 4 heteroatoms. The maximum Gasteiger partial charge on any atom is 1.00 e. The topological polar surface area (TPSA) is 0 Å². The zero-order valence-corrected chi connectivity index (χ0v) is 9.14. The van der Waals surface area contributed by atoms with Crippen molar-refractivity contribution in [3.05, 3.63) is 35.9 Å². The molecule has 0 heterocycles. The largest absolute Gasteiger partial charge is 1.00 e. The van der Waals surface area contributed by atoms with E-state index in [0.29, 0.717) is 0 Å². The first-order valence-electron chi connectivity index (χ1n) is 2.73. The van der Waals surface area contributed by atoms with Gasteiger partial charge in [0, 0.05) is 0 Å². The molecular formula is C7H6F3K. The summed E-state index contributed by atoms with van der Waals surface area (Å²) in [4.78, 5) is 0. The Kier molecular flexibility index (Phi) is 4.89. The number of alkyl halides is 3. The average molecular weight is 186 g/mol. The van der Waals surface area contributed by atoms with Crippen molar-refractivity contribution in [2.75, 3.05) is 0 Å². The second-order valence-electron chi connectivity index (χ2n) is 1.86. The van der Waals surface area contributed by atoms with Crippen molar-refractivity contribution < 1.29 is 66.0 Å². The summed E-state index contributed by atoms with van der Waals surface area (Å²) in [7, 11) is 0. The van der Waals surface area contributed by atoms with Crippen LogP contribution < -0.4 is 51.4 Å². The maximum atomic E-state index is 11.8. The molecule has 56 valence electrons. The Morgan fingerprint density at radius 1 is 1.00 bits per heavy atom. The van der Waals surface area contributed by atoms with E-state index in [0.717, 1.165) is 12.1 Å². The molecule has 0 spiro atoms. The summed E-state index contributed by atoms with van der Waals surface area (Å²) in [6, 6.07) is 6.36. The molecule has 0 nitrogen and oxygen atoms in total. The summed E-state index contributed by atoms with van der Waals surface area (Å²) in [6.07, 6.45) is -4.21. The van der Waals surface area contributed by atoms with Crippen molar-refractivity contribution in [3.63, 3.8) is 0 Å². The van der Waals surface area contributed by atoms with Gasteiger partial charge in [-0.2, -0.15) is 13.2 Å². The van der Waals surface area contributed by atoms with Crippen molar-refractivity contribution in [2.24, 2.45) is 0 Å². The van der Waals surface area contributed by atoms with Crippen LogP contribution in [-0.2, 0) is 6.18 Å². The molecule has 1 aromatic rings. The van der Waals surface area contributed by atoms with Gasteiger partial charge in [-0.1, -0.05) is 30.3 Å². The average Bonchev–Trinajstić information content (AvgIpc) is 1.88. The van der Waals surface area contributed by atoms with Gasteiger partial charge in [0.15, 0.2) is 0 Å². The van der Waals surface area contributed by atoms with Crippen LogP contribution in [0.1, 0.15) is 6.99 Å². The first-order chi connectivity index (χ1) is 4.61. The quantitative estimate of drug-likeness (QED) is 0.493. The van der Waals surface area contributed by atoms with Gasteiger partial charge in [0.1, 0.15) is 0 Å². The van der Waals surface area contributed by atoms with Crippen LogP contribution in [-0.4, -0.2) is 0 Å². The molecule has 0 aliphatic rings. The molecule has 0 atom stereocenters. The van der Waals surface area contributed by atoms with Gasteiger partial charge in [0.05, 0.1) is 5.56 Å². The van der Waals surface area contributed by atoms with Gasteiger partial charge in [0.2, 0.25) is 0 Å². The summed E-state index contributed by atoms with van der Waals surface area (Å²) < 4.78 is 35.4. The normalized spacial score (nSPS) is 10.5. The minimum Gasteiger partial charge on any atom is -1.00 e. The predicted octanol–water partition coefficient (Wildman–Crippen LogP) is -0.178. The fourth-order valence-corrected chi connectivity index (χ4v) is 0.627. The molecule has 1 rings (SSSR count). The summed E-state index contributed by atoms with van der Waals surface area (Å²) in [5, 5.41) is 0. The van der Waals surface area contributed by atoms with Crippen LogP contribution in [0.15, 0.2) is 30.3 Å². The van der Waals surface area contributed by atoms with E-state index in [-0.39, 0.29) is 52.8 Å². The van der Waals surface area contributed by atoms with Crippen molar-refractivity contribution in [1.82, 2.24) is 0 Å². The number of hydrogen-bond acceptors (Lipinski definition) is 0. The second kappa shape index (κ2) is 4.62. The standard InChI is InChI=1S/C7H5F3.K.H/c8-7(9,10)6-4-2-1-3-5-6;;/h1-5H;;/q;+1;-1. The fourth-order valence-electron chi connectivity index (χ4n) is 0.627. The first kappa shape index (κ1) is 11.6. The van der Waals surface area contributed by atoms with E-state index in [9.17, 15) is 13.2 Å². The van der Waals surface area contributed by atoms with Crippen molar-refractivity contribution in [3.8, 4) is 0 Å². The Labute approximate surface area is 107 Å². The molecule has 0 aliphatic heterocycles. The summed E-state index contributed by atoms with van der Waals surface area (Å²) >= 11 is 0. The molecule has 1 aromatic carbocycles. The van der Waals surface area contributed by atoms with Gasteiger partial charge in [-0.25, -0.2) is 0 Å². The van der Waals surface area contributed by atoms with E-state index in [1.165, 1.54) is 12.1 Å². The van der Waals surface area contributed by atoms with Crippen molar-refractivity contribution in [1.29, 1.82) is 0 Å². The Hall–Kier alpha value is 0.646. The summed E-state index contributed by atoms with van der Waals surface area (Å²) in [5.74, 6) is 0. The summed E-state index contributed by atoms with van der Waals surface area (Å²) in [6.45, 7) is 0. The third-order valence-electron chi connectivity index (χ3n) is 1.10. The SMILES string of the molecule is FC(F)(F)c1ccccc1.[H-].[K+]. The molecule has 0 aliphatic carbocycles. The zero-order valence-electron chi connectivity index (χ0n) is 7.02. The third-order valence-corrected chi connectivity index (χ3v) is 1.10. The van der Waals surface area contributed by atoms with Gasteiger partial charge >= 0.3 is 57.6 Å². The van der Waals surface area contributed by atoms with Crippen LogP contribution in [0.4, 0.5) is 13.2 Å². The molecule has 0 unspecified atom stereocenters. The maximum absolute atomic E-state index is 11.8. The van der Waals surface area contributed by atoms with E-state index in [1.54, 1.807) is 6.07 Å². The van der Waals surface area contributed by atoms with E-state index in [4.69, 9.17) is 0 Å². The molecule has 0 amide bonds. The Morgan fingerprint density at radius 2 is 1.45 bits per heavy atom. The monoisotopic (exact) mass is 186 g/mol. The van der Waals surface area contributed by atoms with Crippen LogP contribution in [0.2, 0.25) is 0 Å². The Morgan fingerprint density at radius 3 is 1.73 bits per heavy atom. The van der Waals surface area contributed by atoms with E-state index >= 15 is 0 Å². The Balaban J connectivity index is 0. The molecule has 0 N–H and O–H groups in total. The van der Waals surface area contributed by atoms with Crippen LogP contribution in [0.25, 0.3) is 0 Å². The van der Waals surface area contributed by atoms with Crippen LogP contribution in [0.5, 0.6) is 0 Å². The van der Waals surface area contributed by atoms with Gasteiger partial charge in [0.25, 0.3) is 0 Å². The molecule has 0 radical (unpaired) electrons. The first-order valence-corrected chi connectivity index (χ1v) is 2.73. The van der Waals surface area contributed by atoms with Crippen LogP contribution in [0, 0.1) is 0 Å². The van der Waals surface area contributed by atoms with E-state index < -0.39 is 11.7 Å². The van der Waals surface area contributed by atoms with Crippen molar-refractivity contribution in [2.45, 2.75) is 6.18 Å². The third kappa shape index (κ3) is 3.71. The van der Waals surface area contributed by atoms with Gasteiger partial charge in [-0.05, 0) is 0 Å². The molecule has 0 fully saturated rings. The van der Waals surface area contributed by atoms with Gasteiger partial charge < -0.3 is 1.43 Å². The molecule has 0 aromatic heterocycles. The number of rotatable bonds is 0. The van der Waals surface area contributed by atoms with Crippen LogP contribution in [0.3, 0.4) is 0 Å². The molecule has 0 saturated heterocycles. The second-order valence-corrected chi connectivity index (χ2v) is 1.86. The molecular weight excluding hydrogens is 180 g/mol. The fraction of sp³-hybridized carbons (Fsp3) is 0.143. The van der Waals surface area contributed by atoms with Crippen LogP contribution >= 0.6 is 0 Å². The smallest absolute Gasteiger partial charge is 1.00 e. The number of hydrogen-bond donors (Lipinski definition) is 0. The Bertz CT molecular complexity index is 210. The van der Waals surface area contributed by atoms with Gasteiger partial charge in [-0.15, -0.1) is 0 Å². The molecule has 0 saturated carbocycles. The minimum absolute atomic E-state index is 0. The van der Waals surface area contributed by atoms with E-state index in [2.05, 4.69) is 0 Å². The number of halogens is 3. The molecule has 0 bridgehead atoms. The predicted molar refractivity (Wildman–Crippen MR) is 32.6 cm³/mol. The molecule has 11 heavy (non-hydrogen) atoms. The minimum atomic E-state index is -4.21. The zero-order chi connectivity index (χ0) is 7.61. The number of benzene rings is 1. The van der Waals surface area contributed by atoms with E-state index in [1.807, 2.05) is 0 Å².